The lowest BCUT2D eigenvalue weighted by atomic mass is 10.1. The van der Waals surface area contributed by atoms with Crippen LogP contribution in [0.4, 0.5) is 17.1 Å². The number of anilines is 3. The van der Waals surface area contributed by atoms with Crippen LogP contribution in [0.5, 0.6) is 0 Å². The smallest absolute Gasteiger partial charge is 0.271 e. The van der Waals surface area contributed by atoms with Crippen molar-refractivity contribution < 1.29 is 4.79 Å². The molecule has 0 atom stereocenters. The molecule has 1 N–H and O–H groups in total. The fourth-order valence-corrected chi connectivity index (χ4v) is 4.14. The highest BCUT2D eigenvalue weighted by Crippen LogP contribution is 2.43. The first-order chi connectivity index (χ1) is 11.2. The first-order valence-electron chi connectivity index (χ1n) is 7.50. The van der Waals surface area contributed by atoms with Crippen LogP contribution in [0.1, 0.15) is 9.67 Å². The van der Waals surface area contributed by atoms with Crippen molar-refractivity contribution in [2.24, 2.45) is 0 Å². The molecule has 0 radical (unpaired) electrons. The standard InChI is InChI=1S/C18H17N3OS/c1-20(2)13-9-6-10-14-15(13)16-17(23-14)18(22)21(11-19-16)12-7-4-3-5-8-12/h3-10,19H,11H2,1-2H3. The van der Waals surface area contributed by atoms with Gasteiger partial charge in [0, 0.05) is 35.6 Å². The van der Waals surface area contributed by atoms with Crippen LogP contribution in [0.25, 0.3) is 10.1 Å². The van der Waals surface area contributed by atoms with Gasteiger partial charge < -0.3 is 10.2 Å². The van der Waals surface area contributed by atoms with Crippen molar-refractivity contribution in [1.29, 1.82) is 0 Å². The third kappa shape index (κ3) is 2.16. The number of amides is 1. The van der Waals surface area contributed by atoms with Crippen molar-refractivity contribution >= 4 is 44.4 Å². The average molecular weight is 323 g/mol. The van der Waals surface area contributed by atoms with Gasteiger partial charge in [0.25, 0.3) is 5.91 Å². The van der Waals surface area contributed by atoms with E-state index in [9.17, 15) is 4.79 Å². The van der Waals surface area contributed by atoms with Gasteiger partial charge in [0.15, 0.2) is 0 Å². The van der Waals surface area contributed by atoms with Crippen molar-refractivity contribution in [1.82, 2.24) is 0 Å². The average Bonchev–Trinajstić information content (AvgIpc) is 2.95. The Morgan fingerprint density at radius 2 is 1.87 bits per heavy atom. The van der Waals surface area contributed by atoms with Gasteiger partial charge in [0.2, 0.25) is 0 Å². The third-order valence-corrected chi connectivity index (χ3v) is 5.24. The molecule has 2 aromatic carbocycles. The van der Waals surface area contributed by atoms with Gasteiger partial charge in [-0.15, -0.1) is 11.3 Å². The highest BCUT2D eigenvalue weighted by Gasteiger charge is 2.30. The molecule has 2 heterocycles. The molecule has 1 amide bonds. The van der Waals surface area contributed by atoms with E-state index in [0.29, 0.717) is 6.67 Å². The maximum absolute atomic E-state index is 13.0. The number of benzene rings is 2. The van der Waals surface area contributed by atoms with Crippen molar-refractivity contribution in [2.45, 2.75) is 0 Å². The van der Waals surface area contributed by atoms with Gasteiger partial charge >= 0.3 is 0 Å². The van der Waals surface area contributed by atoms with Crippen LogP contribution in [0, 0.1) is 0 Å². The van der Waals surface area contributed by atoms with Gasteiger partial charge in [-0.2, -0.15) is 0 Å². The summed E-state index contributed by atoms with van der Waals surface area (Å²) < 4.78 is 1.14. The molecule has 1 aliphatic rings. The molecule has 23 heavy (non-hydrogen) atoms. The van der Waals surface area contributed by atoms with E-state index in [0.717, 1.165) is 32.0 Å². The van der Waals surface area contributed by atoms with Crippen LogP contribution >= 0.6 is 11.3 Å². The molecular formula is C18H17N3OS. The molecule has 5 heteroatoms. The number of fused-ring (bicyclic) bond motifs is 3. The Hall–Kier alpha value is -2.53. The van der Waals surface area contributed by atoms with Gasteiger partial charge in [-0.1, -0.05) is 24.3 Å². The zero-order chi connectivity index (χ0) is 16.0. The van der Waals surface area contributed by atoms with E-state index in [-0.39, 0.29) is 5.91 Å². The van der Waals surface area contributed by atoms with Crippen LogP contribution in [0.2, 0.25) is 0 Å². The zero-order valence-electron chi connectivity index (χ0n) is 13.0. The largest absolute Gasteiger partial charge is 0.377 e. The molecule has 0 bridgehead atoms. The van der Waals surface area contributed by atoms with E-state index in [1.807, 2.05) is 50.5 Å². The summed E-state index contributed by atoms with van der Waals surface area (Å²) in [6, 6.07) is 16.0. The number of rotatable bonds is 2. The van der Waals surface area contributed by atoms with Gasteiger partial charge in [-0.25, -0.2) is 0 Å². The van der Waals surface area contributed by atoms with Crippen LogP contribution in [0.15, 0.2) is 48.5 Å². The second kappa shape index (κ2) is 5.28. The minimum absolute atomic E-state index is 0.0656. The summed E-state index contributed by atoms with van der Waals surface area (Å²) in [5.74, 6) is 0.0656. The van der Waals surface area contributed by atoms with E-state index in [4.69, 9.17) is 0 Å². The summed E-state index contributed by atoms with van der Waals surface area (Å²) >= 11 is 1.56. The van der Waals surface area contributed by atoms with E-state index in [1.165, 1.54) is 0 Å². The lowest BCUT2D eigenvalue weighted by molar-refractivity contribution is 0.0990. The number of nitrogens with zero attached hydrogens (tertiary/aromatic N) is 2. The molecule has 1 aromatic heterocycles. The Kier molecular flexibility index (Phi) is 3.23. The molecule has 0 saturated heterocycles. The summed E-state index contributed by atoms with van der Waals surface area (Å²) in [5.41, 5.74) is 3.01. The molecule has 4 nitrogen and oxygen atoms in total. The number of hydrogen-bond acceptors (Lipinski definition) is 4. The van der Waals surface area contributed by atoms with Crippen LogP contribution in [0.3, 0.4) is 0 Å². The Morgan fingerprint density at radius 3 is 2.61 bits per heavy atom. The quantitative estimate of drug-likeness (QED) is 0.774. The van der Waals surface area contributed by atoms with E-state index in [1.54, 1.807) is 16.2 Å². The van der Waals surface area contributed by atoms with Gasteiger partial charge in [-0.05, 0) is 24.3 Å². The van der Waals surface area contributed by atoms with Gasteiger partial charge in [0.1, 0.15) is 4.88 Å². The Bertz CT molecular complexity index is 886. The third-order valence-electron chi connectivity index (χ3n) is 4.10. The summed E-state index contributed by atoms with van der Waals surface area (Å²) in [6.07, 6.45) is 0. The summed E-state index contributed by atoms with van der Waals surface area (Å²) in [5, 5.41) is 4.59. The van der Waals surface area contributed by atoms with Crippen molar-refractivity contribution in [2.75, 3.05) is 35.9 Å². The SMILES string of the molecule is CN(C)c1cccc2sc3c(c12)NCN(c1ccccc1)C3=O. The second-order valence-electron chi connectivity index (χ2n) is 5.75. The maximum Gasteiger partial charge on any atom is 0.271 e. The monoisotopic (exact) mass is 323 g/mol. The highest BCUT2D eigenvalue weighted by molar-refractivity contribution is 7.21. The molecule has 0 aliphatic carbocycles. The zero-order valence-corrected chi connectivity index (χ0v) is 13.9. The normalized spacial score (nSPS) is 13.8. The molecule has 0 spiro atoms. The van der Waals surface area contributed by atoms with E-state index in [2.05, 4.69) is 22.3 Å². The Balaban J connectivity index is 1.86. The molecule has 1 aliphatic heterocycles. The minimum atomic E-state index is 0.0656. The number of carbonyl (C=O) groups is 1. The molecule has 0 unspecified atom stereocenters. The predicted octanol–water partition coefficient (Wildman–Crippen LogP) is 4.00. The van der Waals surface area contributed by atoms with Gasteiger partial charge in [-0.3, -0.25) is 9.69 Å². The summed E-state index contributed by atoms with van der Waals surface area (Å²) in [7, 11) is 4.06. The molecular weight excluding hydrogens is 306 g/mol. The van der Waals surface area contributed by atoms with Crippen molar-refractivity contribution in [3.63, 3.8) is 0 Å². The molecule has 0 fully saturated rings. The van der Waals surface area contributed by atoms with Gasteiger partial charge in [0.05, 0.1) is 12.4 Å². The molecule has 4 rings (SSSR count). The van der Waals surface area contributed by atoms with Crippen molar-refractivity contribution in [3.8, 4) is 0 Å². The topological polar surface area (TPSA) is 35.6 Å². The Labute approximate surface area is 138 Å². The molecule has 0 saturated carbocycles. The Morgan fingerprint density at radius 1 is 1.09 bits per heavy atom. The predicted molar refractivity (Wildman–Crippen MR) is 97.9 cm³/mol. The first-order valence-corrected chi connectivity index (χ1v) is 8.32. The number of hydrogen-bond donors (Lipinski definition) is 1. The number of nitrogens with one attached hydrogen (secondary N) is 1. The molecule has 116 valence electrons. The van der Waals surface area contributed by atoms with Crippen LogP contribution < -0.4 is 15.1 Å². The lowest BCUT2D eigenvalue weighted by Gasteiger charge is -2.28. The molecule has 3 aromatic rings. The van der Waals surface area contributed by atoms with Crippen LogP contribution in [-0.4, -0.2) is 26.7 Å². The summed E-state index contributed by atoms with van der Waals surface area (Å²) in [6.45, 7) is 0.490. The minimum Gasteiger partial charge on any atom is -0.377 e. The first kappa shape index (κ1) is 14.1. The fraction of sp³-hybridized carbons (Fsp3) is 0.167. The number of carbonyl (C=O) groups excluding carboxylic acids is 1. The number of para-hydroxylation sites is 1. The number of thiophene rings is 1. The summed E-state index contributed by atoms with van der Waals surface area (Å²) in [4.78, 5) is 17.6. The lowest BCUT2D eigenvalue weighted by Crippen LogP contribution is -2.39. The van der Waals surface area contributed by atoms with E-state index >= 15 is 0 Å². The highest BCUT2D eigenvalue weighted by atomic mass is 32.1. The van der Waals surface area contributed by atoms with E-state index < -0.39 is 0 Å². The second-order valence-corrected chi connectivity index (χ2v) is 6.81. The van der Waals surface area contributed by atoms with Crippen LogP contribution in [-0.2, 0) is 0 Å². The van der Waals surface area contributed by atoms with Crippen molar-refractivity contribution in [3.05, 3.63) is 53.4 Å². The maximum atomic E-state index is 13.0. The fourth-order valence-electron chi connectivity index (χ4n) is 2.99.